The highest BCUT2D eigenvalue weighted by atomic mass is 32.2. The third kappa shape index (κ3) is 6.81. The molecule has 0 aromatic carbocycles. The molecule has 0 amide bonds. The average molecular weight is 252 g/mol. The topological polar surface area (TPSA) is 72.2 Å². The van der Waals surface area contributed by atoms with Crippen LogP contribution in [-0.4, -0.2) is 25.2 Å². The van der Waals surface area contributed by atoms with Gasteiger partial charge in [0.05, 0.1) is 16.8 Å². The van der Waals surface area contributed by atoms with Gasteiger partial charge in [-0.25, -0.2) is 13.1 Å². The van der Waals surface area contributed by atoms with Crippen LogP contribution in [0.5, 0.6) is 0 Å². The molecule has 0 fully saturated rings. The molecule has 0 radical (unpaired) electrons. The van der Waals surface area contributed by atoms with E-state index < -0.39 is 16.1 Å². The lowest BCUT2D eigenvalue weighted by atomic mass is 10.2. The van der Waals surface area contributed by atoms with Gasteiger partial charge in [0.2, 0.25) is 10.0 Å². The minimum absolute atomic E-state index is 0.145. The minimum Gasteiger partial charge on any atom is -0.392 e. The summed E-state index contributed by atoms with van der Waals surface area (Å²) in [5, 5.41) is 0. The first-order chi connectivity index (χ1) is 6.93. The zero-order valence-electron chi connectivity index (χ0n) is 9.32. The Labute approximate surface area is 97.7 Å². The molecule has 0 aliphatic carbocycles. The Bertz CT molecular complexity index is 288. The molecule has 6 heteroatoms. The van der Waals surface area contributed by atoms with Crippen molar-refractivity contribution in [3.05, 3.63) is 0 Å². The highest BCUT2D eigenvalue weighted by molar-refractivity contribution is 7.89. The van der Waals surface area contributed by atoms with Gasteiger partial charge in [-0.05, 0) is 12.8 Å². The van der Waals surface area contributed by atoms with Crippen LogP contribution >= 0.6 is 12.2 Å². The van der Waals surface area contributed by atoms with E-state index in [2.05, 4.69) is 4.72 Å². The highest BCUT2D eigenvalue weighted by Gasteiger charge is 2.18. The van der Waals surface area contributed by atoms with E-state index in [9.17, 15) is 8.42 Å². The fourth-order valence-corrected chi connectivity index (χ4v) is 2.87. The van der Waals surface area contributed by atoms with E-state index in [1.807, 2.05) is 13.8 Å². The molecule has 0 bridgehead atoms. The zero-order chi connectivity index (χ0) is 11.9. The van der Waals surface area contributed by atoms with Crippen LogP contribution in [0.2, 0.25) is 0 Å². The maximum absolute atomic E-state index is 11.6. The molecular weight excluding hydrogens is 232 g/mol. The molecule has 15 heavy (non-hydrogen) atoms. The van der Waals surface area contributed by atoms with Gasteiger partial charge in [0, 0.05) is 0 Å². The summed E-state index contributed by atoms with van der Waals surface area (Å²) in [5.41, 5.74) is 5.46. The Morgan fingerprint density at radius 2 is 2.00 bits per heavy atom. The summed E-state index contributed by atoms with van der Waals surface area (Å²) in [6.07, 6.45) is 3.01. The lowest BCUT2D eigenvalue weighted by Gasteiger charge is -2.16. The van der Waals surface area contributed by atoms with E-state index in [0.29, 0.717) is 12.8 Å². The molecule has 0 heterocycles. The van der Waals surface area contributed by atoms with E-state index in [1.165, 1.54) is 0 Å². The number of unbranched alkanes of at least 4 members (excludes halogenated alkanes) is 1. The van der Waals surface area contributed by atoms with E-state index in [0.717, 1.165) is 12.8 Å². The number of nitrogens with two attached hydrogens (primary N) is 1. The predicted molar refractivity (Wildman–Crippen MR) is 67.3 cm³/mol. The van der Waals surface area contributed by atoms with Crippen molar-refractivity contribution in [3.8, 4) is 0 Å². The van der Waals surface area contributed by atoms with Crippen molar-refractivity contribution in [2.45, 2.75) is 45.6 Å². The van der Waals surface area contributed by atoms with Crippen molar-refractivity contribution in [1.29, 1.82) is 0 Å². The quantitative estimate of drug-likeness (QED) is 0.636. The average Bonchev–Trinajstić information content (AvgIpc) is 2.14. The van der Waals surface area contributed by atoms with Gasteiger partial charge in [-0.2, -0.15) is 0 Å². The van der Waals surface area contributed by atoms with Crippen LogP contribution in [-0.2, 0) is 10.0 Å². The van der Waals surface area contributed by atoms with Crippen molar-refractivity contribution in [3.63, 3.8) is 0 Å². The second-order valence-corrected chi connectivity index (χ2v) is 5.88. The molecule has 0 rings (SSSR count). The van der Waals surface area contributed by atoms with Gasteiger partial charge in [-0.1, -0.05) is 38.9 Å². The molecule has 0 aromatic heterocycles. The normalized spacial score (nSPS) is 13.7. The molecule has 1 unspecified atom stereocenters. The number of rotatable bonds is 8. The van der Waals surface area contributed by atoms with Crippen LogP contribution in [0.25, 0.3) is 0 Å². The van der Waals surface area contributed by atoms with Gasteiger partial charge in [0.15, 0.2) is 0 Å². The second kappa shape index (κ2) is 7.14. The van der Waals surface area contributed by atoms with Crippen LogP contribution in [0.4, 0.5) is 0 Å². The summed E-state index contributed by atoms with van der Waals surface area (Å²) in [7, 11) is -3.23. The highest BCUT2D eigenvalue weighted by Crippen LogP contribution is 2.01. The largest absolute Gasteiger partial charge is 0.392 e. The number of thiocarbonyl (C=S) groups is 1. The fraction of sp³-hybridized carbons (Fsp3) is 0.889. The summed E-state index contributed by atoms with van der Waals surface area (Å²) in [4.78, 5) is 0.219. The van der Waals surface area contributed by atoms with Gasteiger partial charge in [0.25, 0.3) is 0 Å². The molecule has 0 saturated heterocycles. The molecule has 0 aliphatic rings. The van der Waals surface area contributed by atoms with Gasteiger partial charge >= 0.3 is 0 Å². The molecule has 4 nitrogen and oxygen atoms in total. The summed E-state index contributed by atoms with van der Waals surface area (Å²) in [5.74, 6) is 0.145. The van der Waals surface area contributed by atoms with Crippen LogP contribution in [0.15, 0.2) is 0 Å². The van der Waals surface area contributed by atoms with Crippen LogP contribution in [0, 0.1) is 0 Å². The smallest absolute Gasteiger partial charge is 0.212 e. The standard InChI is InChI=1S/C9H20N2O2S2/c1-3-5-7-15(12,13)11-8(6-4-2)9(10)14/h8,11H,3-7H2,1-2H3,(H2,10,14). The van der Waals surface area contributed by atoms with Crippen molar-refractivity contribution in [2.24, 2.45) is 5.73 Å². The molecule has 0 saturated carbocycles. The Morgan fingerprint density at radius 3 is 2.40 bits per heavy atom. The number of hydrogen-bond donors (Lipinski definition) is 2. The Kier molecular flexibility index (Phi) is 7.04. The van der Waals surface area contributed by atoms with Crippen molar-refractivity contribution >= 4 is 27.2 Å². The van der Waals surface area contributed by atoms with Crippen LogP contribution in [0.1, 0.15) is 39.5 Å². The SMILES string of the molecule is CCCCS(=O)(=O)NC(CCC)C(N)=S. The number of sulfonamides is 1. The van der Waals surface area contributed by atoms with E-state index >= 15 is 0 Å². The van der Waals surface area contributed by atoms with Gasteiger partial charge in [-0.15, -0.1) is 0 Å². The van der Waals surface area contributed by atoms with Crippen molar-refractivity contribution in [1.82, 2.24) is 4.72 Å². The molecular formula is C9H20N2O2S2. The lowest BCUT2D eigenvalue weighted by Crippen LogP contribution is -2.44. The van der Waals surface area contributed by atoms with E-state index in [1.54, 1.807) is 0 Å². The lowest BCUT2D eigenvalue weighted by molar-refractivity contribution is 0.564. The summed E-state index contributed by atoms with van der Waals surface area (Å²) < 4.78 is 25.6. The Morgan fingerprint density at radius 1 is 1.40 bits per heavy atom. The predicted octanol–water partition coefficient (Wildman–Crippen LogP) is 1.16. The van der Waals surface area contributed by atoms with E-state index in [4.69, 9.17) is 18.0 Å². The second-order valence-electron chi connectivity index (χ2n) is 3.53. The maximum atomic E-state index is 11.6. The molecule has 1 atom stereocenters. The fourth-order valence-electron chi connectivity index (χ4n) is 1.16. The third-order valence-electron chi connectivity index (χ3n) is 2.01. The van der Waals surface area contributed by atoms with Crippen molar-refractivity contribution < 1.29 is 8.42 Å². The van der Waals surface area contributed by atoms with Gasteiger partial charge in [0.1, 0.15) is 0 Å². The molecule has 90 valence electrons. The third-order valence-corrected chi connectivity index (χ3v) is 3.76. The van der Waals surface area contributed by atoms with Gasteiger partial charge in [-0.3, -0.25) is 0 Å². The Hall–Kier alpha value is -0.200. The Balaban J connectivity index is 4.32. The minimum atomic E-state index is -3.23. The summed E-state index contributed by atoms with van der Waals surface area (Å²) in [6.45, 7) is 3.91. The van der Waals surface area contributed by atoms with Crippen LogP contribution in [0.3, 0.4) is 0 Å². The maximum Gasteiger partial charge on any atom is 0.212 e. The molecule has 0 aromatic rings. The molecule has 0 aliphatic heterocycles. The van der Waals surface area contributed by atoms with E-state index in [-0.39, 0.29) is 10.7 Å². The summed E-state index contributed by atoms with van der Waals surface area (Å²) >= 11 is 4.81. The molecule has 3 N–H and O–H groups in total. The summed E-state index contributed by atoms with van der Waals surface area (Å²) in [6, 6.07) is -0.396. The first-order valence-electron chi connectivity index (χ1n) is 5.22. The first-order valence-corrected chi connectivity index (χ1v) is 7.28. The molecule has 0 spiro atoms. The monoisotopic (exact) mass is 252 g/mol. The zero-order valence-corrected chi connectivity index (χ0v) is 11.0. The first kappa shape index (κ1) is 14.8. The number of nitrogens with one attached hydrogen (secondary N) is 1. The van der Waals surface area contributed by atoms with Crippen LogP contribution < -0.4 is 10.5 Å². The van der Waals surface area contributed by atoms with Crippen molar-refractivity contribution in [2.75, 3.05) is 5.75 Å². The van der Waals surface area contributed by atoms with Gasteiger partial charge < -0.3 is 5.73 Å². The number of hydrogen-bond acceptors (Lipinski definition) is 3.